The van der Waals surface area contributed by atoms with E-state index in [2.05, 4.69) is 30.9 Å². The number of halogens is 3. The molecule has 2 aromatic carbocycles. The van der Waals surface area contributed by atoms with Crippen LogP contribution < -0.4 is 15.4 Å². The number of thioether (sulfide) groups is 1. The van der Waals surface area contributed by atoms with Crippen LogP contribution in [0.25, 0.3) is 5.69 Å². The monoisotopic (exact) mass is 466 g/mol. The molecule has 1 aromatic heterocycles. The highest BCUT2D eigenvalue weighted by Crippen LogP contribution is 2.26. The molecule has 1 heterocycles. The van der Waals surface area contributed by atoms with Crippen LogP contribution in [0.5, 0.6) is 5.75 Å². The maximum Gasteiger partial charge on any atom is 0.573 e. The fraction of sp³-hybridized carbons (Fsp3) is 0.211. The number of benzene rings is 2. The molecule has 2 amide bonds. The van der Waals surface area contributed by atoms with Gasteiger partial charge in [0.05, 0.1) is 10.9 Å². The average Bonchev–Trinajstić information content (AvgIpc) is 3.16. The van der Waals surface area contributed by atoms with Crippen molar-refractivity contribution in [3.05, 3.63) is 48.5 Å². The molecule has 0 fully saturated rings. The Morgan fingerprint density at radius 3 is 2.47 bits per heavy atom. The van der Waals surface area contributed by atoms with Crippen LogP contribution in [0.4, 0.5) is 24.5 Å². The van der Waals surface area contributed by atoms with E-state index in [4.69, 9.17) is 0 Å². The maximum absolute atomic E-state index is 12.5. The molecule has 0 aliphatic carbocycles. The zero-order valence-electron chi connectivity index (χ0n) is 16.8. The zero-order chi connectivity index (χ0) is 23.3. The third kappa shape index (κ3) is 6.44. The van der Waals surface area contributed by atoms with Crippen LogP contribution in [0.3, 0.4) is 0 Å². The lowest BCUT2D eigenvalue weighted by atomic mass is 10.3. The summed E-state index contributed by atoms with van der Waals surface area (Å²) in [6, 6.07) is 11.6. The first-order valence-electron chi connectivity index (χ1n) is 9.10. The van der Waals surface area contributed by atoms with Crippen molar-refractivity contribution in [3.8, 4) is 11.4 Å². The number of rotatable bonds is 7. The molecule has 32 heavy (non-hydrogen) atoms. The molecule has 3 rings (SSSR count). The Morgan fingerprint density at radius 1 is 1.09 bits per heavy atom. The van der Waals surface area contributed by atoms with Gasteiger partial charge in [0.15, 0.2) is 0 Å². The van der Waals surface area contributed by atoms with E-state index in [0.717, 1.165) is 23.9 Å². The molecule has 168 valence electrons. The molecule has 0 aliphatic rings. The fourth-order valence-electron chi connectivity index (χ4n) is 2.53. The van der Waals surface area contributed by atoms with E-state index in [9.17, 15) is 22.8 Å². The third-order valence-corrected chi connectivity index (χ3v) is 4.89. The zero-order valence-corrected chi connectivity index (χ0v) is 17.6. The van der Waals surface area contributed by atoms with E-state index in [1.807, 2.05) is 0 Å². The summed E-state index contributed by atoms with van der Waals surface area (Å²) < 4.78 is 41.9. The summed E-state index contributed by atoms with van der Waals surface area (Å²) in [6.45, 7) is 3.02. The van der Waals surface area contributed by atoms with Crippen LogP contribution >= 0.6 is 11.8 Å². The molecule has 2 N–H and O–H groups in total. The third-order valence-electron chi connectivity index (χ3n) is 3.86. The van der Waals surface area contributed by atoms with E-state index in [1.165, 1.54) is 23.7 Å². The molecular formula is C19H17F3N6O3S. The Hall–Kier alpha value is -3.61. The summed E-state index contributed by atoms with van der Waals surface area (Å²) in [5.41, 5.74) is 1.45. The molecule has 13 heteroatoms. The topological polar surface area (TPSA) is 111 Å². The smallest absolute Gasteiger partial charge is 0.406 e. The number of alkyl halides is 3. The molecule has 3 aromatic rings. The predicted molar refractivity (Wildman–Crippen MR) is 111 cm³/mol. The van der Waals surface area contributed by atoms with Gasteiger partial charge in [-0.2, -0.15) is 4.68 Å². The number of nitrogens with one attached hydrogen (secondary N) is 2. The molecule has 0 saturated heterocycles. The highest BCUT2D eigenvalue weighted by Gasteiger charge is 2.31. The lowest BCUT2D eigenvalue weighted by Crippen LogP contribution is -2.23. The predicted octanol–water partition coefficient (Wildman–Crippen LogP) is 3.64. The molecular weight excluding hydrogens is 449 g/mol. The number of tetrazole rings is 1. The standard InChI is InChI=1S/C19H17F3N6O3S/c1-11(17(30)24-13-6-8-16(9-7-13)31-19(20,21)22)32-18-25-26-27-28(18)15-5-3-4-14(10-15)23-12(2)29/h3-11H,1-2H3,(H,23,29)(H,24,30). The Bertz CT molecular complexity index is 1100. The quantitative estimate of drug-likeness (QED) is 0.512. The maximum atomic E-state index is 12.5. The second-order valence-electron chi connectivity index (χ2n) is 6.43. The summed E-state index contributed by atoms with van der Waals surface area (Å²) >= 11 is 1.08. The second-order valence-corrected chi connectivity index (χ2v) is 7.73. The van der Waals surface area contributed by atoms with Crippen molar-refractivity contribution in [2.75, 3.05) is 10.6 Å². The molecule has 0 spiro atoms. The summed E-state index contributed by atoms with van der Waals surface area (Å²) in [4.78, 5) is 23.8. The van der Waals surface area contributed by atoms with Crippen LogP contribution in [-0.4, -0.2) is 43.6 Å². The molecule has 0 aliphatic heterocycles. The summed E-state index contributed by atoms with van der Waals surface area (Å²) in [5.74, 6) is -1.02. The van der Waals surface area contributed by atoms with Gasteiger partial charge < -0.3 is 15.4 Å². The number of amides is 2. The first kappa shape index (κ1) is 23.1. The van der Waals surface area contributed by atoms with Crippen LogP contribution in [-0.2, 0) is 9.59 Å². The molecule has 9 nitrogen and oxygen atoms in total. The number of aromatic nitrogens is 4. The van der Waals surface area contributed by atoms with Gasteiger partial charge in [0, 0.05) is 18.3 Å². The van der Waals surface area contributed by atoms with Gasteiger partial charge in [-0.15, -0.1) is 18.3 Å². The number of hydrogen-bond donors (Lipinski definition) is 2. The molecule has 0 radical (unpaired) electrons. The lowest BCUT2D eigenvalue weighted by Gasteiger charge is -2.13. The average molecular weight is 466 g/mol. The van der Waals surface area contributed by atoms with Crippen LogP contribution in [0.1, 0.15) is 13.8 Å². The fourth-order valence-corrected chi connectivity index (χ4v) is 3.34. The van der Waals surface area contributed by atoms with Crippen molar-refractivity contribution in [1.82, 2.24) is 20.2 Å². The first-order chi connectivity index (χ1) is 15.1. The number of hydrogen-bond acceptors (Lipinski definition) is 7. The van der Waals surface area contributed by atoms with Gasteiger partial charge in [0.2, 0.25) is 17.0 Å². The Kier molecular flexibility index (Phi) is 6.98. The van der Waals surface area contributed by atoms with Gasteiger partial charge in [-0.05, 0) is 59.8 Å². The lowest BCUT2D eigenvalue weighted by molar-refractivity contribution is -0.274. The Morgan fingerprint density at radius 2 is 1.81 bits per heavy atom. The van der Waals surface area contributed by atoms with Gasteiger partial charge in [0.25, 0.3) is 0 Å². The van der Waals surface area contributed by atoms with Crippen molar-refractivity contribution < 1.29 is 27.5 Å². The normalized spacial score (nSPS) is 12.2. The Balaban J connectivity index is 1.66. The van der Waals surface area contributed by atoms with Crippen molar-refractivity contribution in [2.45, 2.75) is 30.6 Å². The van der Waals surface area contributed by atoms with Crippen LogP contribution in [0, 0.1) is 0 Å². The van der Waals surface area contributed by atoms with E-state index in [1.54, 1.807) is 31.2 Å². The van der Waals surface area contributed by atoms with Crippen molar-refractivity contribution in [2.24, 2.45) is 0 Å². The summed E-state index contributed by atoms with van der Waals surface area (Å²) in [6.07, 6.45) is -4.79. The van der Waals surface area contributed by atoms with Gasteiger partial charge in [0.1, 0.15) is 5.75 Å². The van der Waals surface area contributed by atoms with Gasteiger partial charge in [-0.1, -0.05) is 17.8 Å². The number of anilines is 2. The SMILES string of the molecule is CC(=O)Nc1cccc(-n2nnnc2SC(C)C(=O)Nc2ccc(OC(F)(F)F)cc2)c1. The summed E-state index contributed by atoms with van der Waals surface area (Å²) in [5, 5.41) is 16.5. The highest BCUT2D eigenvalue weighted by atomic mass is 32.2. The molecule has 1 unspecified atom stereocenters. The van der Waals surface area contributed by atoms with Crippen molar-refractivity contribution in [1.29, 1.82) is 0 Å². The highest BCUT2D eigenvalue weighted by molar-refractivity contribution is 8.00. The molecule has 1 atom stereocenters. The number of carbonyl (C=O) groups is 2. The van der Waals surface area contributed by atoms with Crippen LogP contribution in [0.15, 0.2) is 53.7 Å². The van der Waals surface area contributed by atoms with E-state index in [-0.39, 0.29) is 5.91 Å². The van der Waals surface area contributed by atoms with E-state index < -0.39 is 23.3 Å². The minimum Gasteiger partial charge on any atom is -0.406 e. The van der Waals surface area contributed by atoms with Gasteiger partial charge >= 0.3 is 6.36 Å². The summed E-state index contributed by atoms with van der Waals surface area (Å²) in [7, 11) is 0. The van der Waals surface area contributed by atoms with Gasteiger partial charge in [-0.3, -0.25) is 9.59 Å². The minimum absolute atomic E-state index is 0.225. The minimum atomic E-state index is -4.79. The number of nitrogens with zero attached hydrogens (tertiary/aromatic N) is 4. The molecule has 0 saturated carbocycles. The van der Waals surface area contributed by atoms with E-state index in [0.29, 0.717) is 22.2 Å². The number of carbonyl (C=O) groups excluding carboxylic acids is 2. The number of ether oxygens (including phenoxy) is 1. The largest absolute Gasteiger partial charge is 0.573 e. The van der Waals surface area contributed by atoms with Gasteiger partial charge in [-0.25, -0.2) is 0 Å². The second kappa shape index (κ2) is 9.68. The van der Waals surface area contributed by atoms with Crippen molar-refractivity contribution in [3.63, 3.8) is 0 Å². The van der Waals surface area contributed by atoms with Crippen LogP contribution in [0.2, 0.25) is 0 Å². The van der Waals surface area contributed by atoms with Crippen molar-refractivity contribution >= 4 is 35.0 Å². The molecule has 0 bridgehead atoms. The Labute approximate surface area is 184 Å². The first-order valence-corrected chi connectivity index (χ1v) is 9.98. The van der Waals surface area contributed by atoms with E-state index >= 15 is 0 Å².